The molecule has 4 N–H and O–H groups in total. The number of rotatable bonds is 4. The fraction of sp³-hybridized carbons (Fsp3) is 0.353. The third kappa shape index (κ3) is 4.56. The molecule has 1 aliphatic heterocycles. The highest BCUT2D eigenvalue weighted by molar-refractivity contribution is 6.42. The molecule has 0 aliphatic carbocycles. The van der Waals surface area contributed by atoms with Gasteiger partial charge in [0.15, 0.2) is 0 Å². The largest absolute Gasteiger partial charge is 0.390 e. The molecular weight excluding hydrogens is 411 g/mol. The predicted molar refractivity (Wildman–Crippen MR) is 104 cm³/mol. The highest BCUT2D eigenvalue weighted by atomic mass is 35.5. The lowest BCUT2D eigenvalue weighted by Crippen LogP contribution is -2.39. The van der Waals surface area contributed by atoms with Gasteiger partial charge in [0.2, 0.25) is 0 Å². The molecular formula is C17H18Cl2N4O5. The zero-order valence-corrected chi connectivity index (χ0v) is 16.3. The first-order valence-corrected chi connectivity index (χ1v) is 9.15. The number of aryl methyl sites for hydroxylation is 1. The molecule has 0 bridgehead atoms. The Morgan fingerprint density at radius 3 is 2.82 bits per heavy atom. The minimum absolute atomic E-state index is 0.0158. The monoisotopic (exact) mass is 428 g/mol. The summed E-state index contributed by atoms with van der Waals surface area (Å²) in [5.74, 6) is 0. The summed E-state index contributed by atoms with van der Waals surface area (Å²) in [6.07, 6.45) is -0.835. The van der Waals surface area contributed by atoms with Crippen molar-refractivity contribution < 1.29 is 14.6 Å². The lowest BCUT2D eigenvalue weighted by atomic mass is 10.2. The van der Waals surface area contributed by atoms with Crippen molar-refractivity contribution in [2.45, 2.75) is 31.8 Å². The lowest BCUT2D eigenvalue weighted by Gasteiger charge is -2.17. The molecule has 0 unspecified atom stereocenters. The van der Waals surface area contributed by atoms with Crippen LogP contribution in [-0.4, -0.2) is 39.4 Å². The zero-order chi connectivity index (χ0) is 20.4. The number of benzene rings is 1. The number of halogens is 2. The number of nitrogens with one attached hydrogen (secondary N) is 3. The molecule has 1 aliphatic rings. The van der Waals surface area contributed by atoms with Gasteiger partial charge in [-0.2, -0.15) is 0 Å². The normalized spacial score (nSPS) is 21.5. The number of nitrogens with zero attached hydrogens (tertiary/aromatic N) is 1. The van der Waals surface area contributed by atoms with Gasteiger partial charge in [-0.25, -0.2) is 9.59 Å². The van der Waals surface area contributed by atoms with E-state index in [9.17, 15) is 19.5 Å². The molecule has 2 amide bonds. The summed E-state index contributed by atoms with van der Waals surface area (Å²) in [7, 11) is 0. The Morgan fingerprint density at radius 1 is 1.36 bits per heavy atom. The van der Waals surface area contributed by atoms with E-state index < -0.39 is 35.7 Å². The molecule has 11 heteroatoms. The minimum Gasteiger partial charge on any atom is -0.390 e. The van der Waals surface area contributed by atoms with Gasteiger partial charge in [-0.3, -0.25) is 14.3 Å². The summed E-state index contributed by atoms with van der Waals surface area (Å²) in [6.45, 7) is 1.58. The topological polar surface area (TPSA) is 125 Å². The maximum atomic E-state index is 12.0. The van der Waals surface area contributed by atoms with Gasteiger partial charge in [-0.05, 0) is 25.1 Å². The number of aliphatic hydroxyl groups excluding tert-OH is 1. The van der Waals surface area contributed by atoms with E-state index in [1.807, 2.05) is 0 Å². The second-order valence-corrected chi connectivity index (χ2v) is 7.19. The summed E-state index contributed by atoms with van der Waals surface area (Å²) in [6, 6.07) is 4.13. The fourth-order valence-corrected chi connectivity index (χ4v) is 3.11. The van der Waals surface area contributed by atoms with E-state index in [-0.39, 0.29) is 13.0 Å². The van der Waals surface area contributed by atoms with E-state index in [2.05, 4.69) is 15.6 Å². The van der Waals surface area contributed by atoms with Gasteiger partial charge >= 0.3 is 11.7 Å². The van der Waals surface area contributed by atoms with Gasteiger partial charge in [0, 0.05) is 30.4 Å². The highest BCUT2D eigenvalue weighted by Gasteiger charge is 2.35. The molecule has 0 radical (unpaired) electrons. The number of urea groups is 1. The van der Waals surface area contributed by atoms with Crippen LogP contribution in [0.4, 0.5) is 10.5 Å². The Balaban J connectivity index is 1.59. The molecule has 28 heavy (non-hydrogen) atoms. The van der Waals surface area contributed by atoms with Crippen LogP contribution in [0, 0.1) is 6.92 Å². The molecule has 1 aromatic carbocycles. The van der Waals surface area contributed by atoms with E-state index in [0.29, 0.717) is 21.3 Å². The van der Waals surface area contributed by atoms with Gasteiger partial charge in [-0.15, -0.1) is 0 Å². The standard InChI is InChI=1S/C17H18Cl2N4O5/c1-8-7-23(17(27)22-15(8)25)14-5-12(24)13(28-14)6-20-16(26)21-9-2-3-10(18)11(19)4-9/h2-4,7,12-14,24H,5-6H2,1H3,(H2,20,21,26)(H,22,25,27)/t12-,13+,14-/m0/s1. The van der Waals surface area contributed by atoms with Crippen molar-refractivity contribution in [2.75, 3.05) is 11.9 Å². The predicted octanol–water partition coefficient (Wildman–Crippen LogP) is 1.62. The van der Waals surface area contributed by atoms with Crippen molar-refractivity contribution in [1.82, 2.24) is 14.9 Å². The van der Waals surface area contributed by atoms with Crippen molar-refractivity contribution in [2.24, 2.45) is 0 Å². The highest BCUT2D eigenvalue weighted by Crippen LogP contribution is 2.27. The Hall–Kier alpha value is -2.33. The number of hydrogen-bond acceptors (Lipinski definition) is 5. The molecule has 1 saturated heterocycles. The second kappa shape index (κ2) is 8.36. The van der Waals surface area contributed by atoms with Crippen molar-refractivity contribution >= 4 is 34.9 Å². The van der Waals surface area contributed by atoms with Crippen molar-refractivity contribution in [3.8, 4) is 0 Å². The molecule has 1 fully saturated rings. The number of H-pyrrole nitrogens is 1. The molecule has 1 aromatic heterocycles. The number of aromatic amines is 1. The Kier molecular flexibility index (Phi) is 6.09. The van der Waals surface area contributed by atoms with Crippen LogP contribution in [0.2, 0.25) is 10.0 Å². The Labute approximate surface area is 169 Å². The van der Waals surface area contributed by atoms with E-state index in [0.717, 1.165) is 0 Å². The van der Waals surface area contributed by atoms with Crippen LogP contribution in [0.3, 0.4) is 0 Å². The molecule has 9 nitrogen and oxygen atoms in total. The third-order valence-electron chi connectivity index (χ3n) is 4.30. The van der Waals surface area contributed by atoms with Crippen LogP contribution in [0.15, 0.2) is 34.0 Å². The Bertz CT molecular complexity index is 1010. The molecule has 2 heterocycles. The van der Waals surface area contributed by atoms with Crippen LogP contribution < -0.4 is 21.9 Å². The maximum absolute atomic E-state index is 12.0. The van der Waals surface area contributed by atoms with Crippen LogP contribution in [0.1, 0.15) is 18.2 Å². The number of aliphatic hydroxyl groups is 1. The summed E-state index contributed by atoms with van der Waals surface area (Å²) in [5, 5.41) is 16.0. The molecule has 3 rings (SSSR count). The molecule has 0 saturated carbocycles. The van der Waals surface area contributed by atoms with E-state index in [1.54, 1.807) is 19.1 Å². The van der Waals surface area contributed by atoms with Gasteiger partial charge in [0.1, 0.15) is 12.3 Å². The number of amides is 2. The maximum Gasteiger partial charge on any atom is 0.330 e. The van der Waals surface area contributed by atoms with Crippen LogP contribution in [0.25, 0.3) is 0 Å². The molecule has 3 atom stereocenters. The van der Waals surface area contributed by atoms with E-state index >= 15 is 0 Å². The lowest BCUT2D eigenvalue weighted by molar-refractivity contribution is -0.0178. The minimum atomic E-state index is -0.894. The quantitative estimate of drug-likeness (QED) is 0.588. The van der Waals surface area contributed by atoms with Gasteiger partial charge in [0.25, 0.3) is 5.56 Å². The number of anilines is 1. The number of carbonyl (C=O) groups is 1. The van der Waals surface area contributed by atoms with Crippen LogP contribution in [-0.2, 0) is 4.74 Å². The van der Waals surface area contributed by atoms with E-state index in [1.165, 1.54) is 16.8 Å². The summed E-state index contributed by atoms with van der Waals surface area (Å²) in [5.41, 5.74) is -0.302. The van der Waals surface area contributed by atoms with Gasteiger partial charge < -0.3 is 20.5 Å². The van der Waals surface area contributed by atoms with Crippen molar-refractivity contribution in [3.63, 3.8) is 0 Å². The fourth-order valence-electron chi connectivity index (χ4n) is 2.81. The van der Waals surface area contributed by atoms with Crippen molar-refractivity contribution in [3.05, 3.63) is 60.8 Å². The first-order valence-electron chi connectivity index (χ1n) is 8.40. The Morgan fingerprint density at radius 2 is 2.11 bits per heavy atom. The second-order valence-electron chi connectivity index (χ2n) is 6.37. The summed E-state index contributed by atoms with van der Waals surface area (Å²) in [4.78, 5) is 37.7. The molecule has 0 spiro atoms. The van der Waals surface area contributed by atoms with E-state index in [4.69, 9.17) is 27.9 Å². The number of ether oxygens (including phenoxy) is 1. The van der Waals surface area contributed by atoms with Gasteiger partial charge in [-0.1, -0.05) is 23.2 Å². The molecule has 150 valence electrons. The molecule has 2 aromatic rings. The smallest absolute Gasteiger partial charge is 0.330 e. The van der Waals surface area contributed by atoms with Crippen LogP contribution in [0.5, 0.6) is 0 Å². The van der Waals surface area contributed by atoms with Crippen molar-refractivity contribution in [1.29, 1.82) is 0 Å². The average Bonchev–Trinajstić information content (AvgIpc) is 3.00. The SMILES string of the molecule is Cc1cn([C@@H]2C[C@H](O)[C@@H](CNC(=O)Nc3ccc(Cl)c(Cl)c3)O2)c(=O)[nH]c1=O. The van der Waals surface area contributed by atoms with Gasteiger partial charge in [0.05, 0.1) is 16.1 Å². The zero-order valence-electron chi connectivity index (χ0n) is 14.7. The first-order chi connectivity index (χ1) is 13.2. The van der Waals surface area contributed by atoms with Crippen LogP contribution >= 0.6 is 23.2 Å². The third-order valence-corrected chi connectivity index (χ3v) is 5.04. The number of aromatic nitrogens is 2. The first kappa shape index (κ1) is 20.4. The number of carbonyl (C=O) groups excluding carboxylic acids is 1. The summed E-state index contributed by atoms with van der Waals surface area (Å²) < 4.78 is 6.90. The number of hydrogen-bond donors (Lipinski definition) is 4. The summed E-state index contributed by atoms with van der Waals surface area (Å²) >= 11 is 11.7. The average molecular weight is 429 g/mol.